The van der Waals surface area contributed by atoms with E-state index in [1.165, 1.54) is 0 Å². The second kappa shape index (κ2) is 2.83. The molecule has 0 aromatic heterocycles. The Bertz CT molecular complexity index is 332. The summed E-state index contributed by atoms with van der Waals surface area (Å²) in [6.45, 7) is 1.87. The van der Waals surface area contributed by atoms with Gasteiger partial charge in [0.1, 0.15) is 11.5 Å². The lowest BCUT2D eigenvalue weighted by Gasteiger charge is -2.19. The number of allylic oxidation sites excluding steroid dienone is 7. The van der Waals surface area contributed by atoms with E-state index in [4.69, 9.17) is 16.3 Å². The Morgan fingerprint density at radius 2 is 2.33 bits per heavy atom. The molecule has 0 saturated carbocycles. The van der Waals surface area contributed by atoms with Crippen LogP contribution in [0.1, 0.15) is 13.3 Å². The zero-order chi connectivity index (χ0) is 8.55. The van der Waals surface area contributed by atoms with E-state index in [9.17, 15) is 0 Å². The zero-order valence-corrected chi connectivity index (χ0v) is 7.56. The molecule has 2 rings (SSSR count). The topological polar surface area (TPSA) is 9.23 Å². The highest BCUT2D eigenvalue weighted by molar-refractivity contribution is 6.31. The third kappa shape index (κ3) is 1.21. The average Bonchev–Trinajstić information content (AvgIpc) is 2.07. The van der Waals surface area contributed by atoms with Crippen molar-refractivity contribution in [3.63, 3.8) is 0 Å². The van der Waals surface area contributed by atoms with Crippen molar-refractivity contribution in [2.24, 2.45) is 0 Å². The summed E-state index contributed by atoms with van der Waals surface area (Å²) >= 11 is 5.91. The van der Waals surface area contributed by atoms with Crippen LogP contribution in [0.5, 0.6) is 0 Å². The first kappa shape index (κ1) is 7.69. The van der Waals surface area contributed by atoms with Crippen molar-refractivity contribution in [3.8, 4) is 0 Å². The summed E-state index contributed by atoms with van der Waals surface area (Å²) in [6.07, 6.45) is 8.93. The van der Waals surface area contributed by atoms with Gasteiger partial charge in [0, 0.05) is 5.57 Å². The number of halogens is 1. The molecule has 0 bridgehead atoms. The monoisotopic (exact) mass is 180 g/mol. The maximum atomic E-state index is 5.91. The van der Waals surface area contributed by atoms with Gasteiger partial charge >= 0.3 is 0 Å². The van der Waals surface area contributed by atoms with E-state index in [-0.39, 0.29) is 0 Å². The lowest BCUT2D eigenvalue weighted by Crippen LogP contribution is -2.03. The number of rotatable bonds is 0. The Labute approximate surface area is 76.7 Å². The van der Waals surface area contributed by atoms with Gasteiger partial charge in [-0.2, -0.15) is 0 Å². The molecule has 1 nitrogen and oxygen atoms in total. The minimum absolute atomic E-state index is 0.706. The first-order chi connectivity index (χ1) is 5.77. The first-order valence-corrected chi connectivity index (χ1v) is 4.27. The van der Waals surface area contributed by atoms with Crippen molar-refractivity contribution < 1.29 is 4.74 Å². The van der Waals surface area contributed by atoms with Gasteiger partial charge in [0.2, 0.25) is 0 Å². The summed E-state index contributed by atoms with van der Waals surface area (Å²) in [5.41, 5.74) is 1.16. The summed E-state index contributed by atoms with van der Waals surface area (Å²) in [5.74, 6) is 1.71. The molecule has 0 unspecified atom stereocenters. The van der Waals surface area contributed by atoms with Gasteiger partial charge in [0.05, 0.1) is 5.03 Å². The number of hydrogen-bond acceptors (Lipinski definition) is 1. The van der Waals surface area contributed by atoms with E-state index < -0.39 is 0 Å². The molecule has 2 aliphatic rings. The van der Waals surface area contributed by atoms with Gasteiger partial charge in [0.15, 0.2) is 0 Å². The van der Waals surface area contributed by atoms with E-state index >= 15 is 0 Å². The van der Waals surface area contributed by atoms with Gasteiger partial charge < -0.3 is 4.74 Å². The van der Waals surface area contributed by atoms with Gasteiger partial charge in [-0.05, 0) is 25.5 Å². The van der Waals surface area contributed by atoms with Crippen LogP contribution in [0.4, 0.5) is 0 Å². The van der Waals surface area contributed by atoms with Crippen molar-refractivity contribution >= 4 is 11.6 Å². The van der Waals surface area contributed by atoms with Crippen LogP contribution >= 0.6 is 11.6 Å². The smallest absolute Gasteiger partial charge is 0.130 e. The Morgan fingerprint density at radius 3 is 3.17 bits per heavy atom. The van der Waals surface area contributed by atoms with Crippen LogP contribution < -0.4 is 0 Å². The fraction of sp³-hybridized carbons (Fsp3) is 0.200. The van der Waals surface area contributed by atoms with Gasteiger partial charge in [-0.25, -0.2) is 0 Å². The minimum atomic E-state index is 0.706. The van der Waals surface area contributed by atoms with E-state index in [2.05, 4.69) is 6.08 Å². The summed E-state index contributed by atoms with van der Waals surface area (Å²) in [7, 11) is 0. The fourth-order valence-electron chi connectivity index (χ4n) is 1.26. The van der Waals surface area contributed by atoms with E-state index in [1.807, 2.05) is 25.2 Å². The van der Waals surface area contributed by atoms with Crippen LogP contribution in [0.15, 0.2) is 46.4 Å². The highest BCUT2D eigenvalue weighted by Gasteiger charge is 2.15. The second-order valence-electron chi connectivity index (χ2n) is 2.84. The first-order valence-electron chi connectivity index (χ1n) is 3.89. The summed E-state index contributed by atoms with van der Waals surface area (Å²) in [6, 6.07) is 0. The number of ether oxygens (including phenoxy) is 1. The maximum Gasteiger partial charge on any atom is 0.130 e. The standard InChI is InChI=1S/C10H9ClO/c1-7-9(11)6-8-4-2-3-5-10(8)12-7/h2-3,5-6H,4H2,1H3. The molecule has 1 aliphatic carbocycles. The lowest BCUT2D eigenvalue weighted by molar-refractivity contribution is 0.308. The molecule has 0 amide bonds. The normalized spacial score (nSPS) is 21.2. The van der Waals surface area contributed by atoms with E-state index in [0.29, 0.717) is 5.03 Å². The average molecular weight is 181 g/mol. The Morgan fingerprint density at radius 1 is 1.50 bits per heavy atom. The molecule has 0 saturated heterocycles. The Hall–Kier alpha value is -0.950. The predicted octanol–water partition coefficient (Wildman–Crippen LogP) is 3.26. The quantitative estimate of drug-likeness (QED) is 0.556. The Kier molecular flexibility index (Phi) is 1.81. The van der Waals surface area contributed by atoms with E-state index in [1.54, 1.807) is 0 Å². The fourth-order valence-corrected chi connectivity index (χ4v) is 1.43. The predicted molar refractivity (Wildman–Crippen MR) is 49.6 cm³/mol. The van der Waals surface area contributed by atoms with Gasteiger partial charge in [-0.15, -0.1) is 0 Å². The minimum Gasteiger partial charge on any atom is -0.460 e. The second-order valence-corrected chi connectivity index (χ2v) is 3.25. The van der Waals surface area contributed by atoms with Crippen LogP contribution in [0.3, 0.4) is 0 Å². The summed E-state index contributed by atoms with van der Waals surface area (Å²) in [5, 5.41) is 0.706. The molecular weight excluding hydrogens is 172 g/mol. The molecule has 0 atom stereocenters. The van der Waals surface area contributed by atoms with Crippen molar-refractivity contribution in [1.82, 2.24) is 0 Å². The van der Waals surface area contributed by atoms with Gasteiger partial charge in [0.25, 0.3) is 0 Å². The molecular formula is C10H9ClO. The largest absolute Gasteiger partial charge is 0.460 e. The molecule has 1 heterocycles. The van der Waals surface area contributed by atoms with Crippen LogP contribution in [-0.2, 0) is 4.74 Å². The highest BCUT2D eigenvalue weighted by Crippen LogP contribution is 2.31. The van der Waals surface area contributed by atoms with Crippen molar-refractivity contribution in [3.05, 3.63) is 46.4 Å². The molecule has 0 radical (unpaired) electrons. The molecule has 2 heteroatoms. The SMILES string of the molecule is CC1=C(Cl)C=C2CC=CC=C2O1. The van der Waals surface area contributed by atoms with Crippen molar-refractivity contribution in [2.45, 2.75) is 13.3 Å². The maximum absolute atomic E-state index is 5.91. The summed E-state index contributed by atoms with van der Waals surface area (Å²) < 4.78 is 5.49. The van der Waals surface area contributed by atoms with Gasteiger partial charge in [-0.3, -0.25) is 0 Å². The zero-order valence-electron chi connectivity index (χ0n) is 6.80. The summed E-state index contributed by atoms with van der Waals surface area (Å²) in [4.78, 5) is 0. The lowest BCUT2D eigenvalue weighted by atomic mass is 10.0. The van der Waals surface area contributed by atoms with Crippen LogP contribution in [0.25, 0.3) is 0 Å². The highest BCUT2D eigenvalue weighted by atomic mass is 35.5. The molecule has 12 heavy (non-hydrogen) atoms. The molecule has 62 valence electrons. The molecule has 0 aromatic rings. The van der Waals surface area contributed by atoms with Crippen LogP contribution in [0, 0.1) is 0 Å². The Balaban J connectivity index is 2.40. The number of hydrogen-bond donors (Lipinski definition) is 0. The molecule has 0 spiro atoms. The van der Waals surface area contributed by atoms with Crippen LogP contribution in [-0.4, -0.2) is 0 Å². The third-order valence-corrected chi connectivity index (χ3v) is 2.31. The van der Waals surface area contributed by atoms with E-state index in [0.717, 1.165) is 23.5 Å². The van der Waals surface area contributed by atoms with Crippen molar-refractivity contribution in [2.75, 3.05) is 0 Å². The third-order valence-electron chi connectivity index (χ3n) is 1.94. The molecule has 0 fully saturated rings. The van der Waals surface area contributed by atoms with Gasteiger partial charge in [-0.1, -0.05) is 23.8 Å². The molecule has 0 N–H and O–H groups in total. The molecule has 1 aliphatic heterocycles. The number of fused-ring (bicyclic) bond motifs is 1. The van der Waals surface area contributed by atoms with Crippen molar-refractivity contribution in [1.29, 1.82) is 0 Å². The molecule has 0 aromatic carbocycles. The van der Waals surface area contributed by atoms with Crippen LogP contribution in [0.2, 0.25) is 0 Å².